The Morgan fingerprint density at radius 2 is 2.17 bits per heavy atom. The van der Waals surface area contributed by atoms with Gasteiger partial charge < -0.3 is 9.30 Å². The maximum atomic E-state index is 5.29. The summed E-state index contributed by atoms with van der Waals surface area (Å²) >= 11 is 0. The van der Waals surface area contributed by atoms with Crippen molar-refractivity contribution in [1.82, 2.24) is 4.57 Å². The molecule has 2 nitrogen and oxygen atoms in total. The highest BCUT2D eigenvalue weighted by Crippen LogP contribution is 2.12. The van der Waals surface area contributed by atoms with E-state index < -0.39 is 0 Å². The summed E-state index contributed by atoms with van der Waals surface area (Å²) in [6.45, 7) is 8.78. The SMILES string of the molecule is CC.Cc1cc2n(c1)CCOC2. The summed E-state index contributed by atoms with van der Waals surface area (Å²) < 4.78 is 7.55. The fraction of sp³-hybridized carbons (Fsp3) is 0.600. The second kappa shape index (κ2) is 4.31. The molecule has 0 amide bonds. The summed E-state index contributed by atoms with van der Waals surface area (Å²) in [7, 11) is 0. The molecule has 1 aromatic rings. The van der Waals surface area contributed by atoms with E-state index in [2.05, 4.69) is 23.8 Å². The number of ether oxygens (including phenoxy) is 1. The molecule has 1 aromatic heterocycles. The Balaban J connectivity index is 0.000000336. The van der Waals surface area contributed by atoms with Gasteiger partial charge in [-0.05, 0) is 18.6 Å². The van der Waals surface area contributed by atoms with E-state index in [1.807, 2.05) is 13.8 Å². The van der Waals surface area contributed by atoms with Crippen LogP contribution in [0.2, 0.25) is 0 Å². The van der Waals surface area contributed by atoms with E-state index in [9.17, 15) is 0 Å². The molecule has 0 spiro atoms. The first-order valence-electron chi connectivity index (χ1n) is 4.59. The van der Waals surface area contributed by atoms with Crippen molar-refractivity contribution in [2.45, 2.75) is 33.9 Å². The van der Waals surface area contributed by atoms with E-state index in [0.717, 1.165) is 19.8 Å². The predicted octanol–water partition coefficient (Wildman–Crippen LogP) is 2.35. The molecule has 0 bridgehead atoms. The quantitative estimate of drug-likeness (QED) is 0.578. The average Bonchev–Trinajstić information content (AvgIpc) is 2.48. The maximum Gasteiger partial charge on any atom is 0.0868 e. The van der Waals surface area contributed by atoms with Gasteiger partial charge in [-0.3, -0.25) is 0 Å². The summed E-state index contributed by atoms with van der Waals surface area (Å²) in [5, 5.41) is 0. The van der Waals surface area contributed by atoms with Crippen LogP contribution in [0.1, 0.15) is 25.1 Å². The van der Waals surface area contributed by atoms with Gasteiger partial charge >= 0.3 is 0 Å². The average molecular weight is 167 g/mol. The maximum absolute atomic E-state index is 5.29. The van der Waals surface area contributed by atoms with Crippen molar-refractivity contribution in [1.29, 1.82) is 0 Å². The molecular formula is C10H17NO. The van der Waals surface area contributed by atoms with Crippen LogP contribution < -0.4 is 0 Å². The molecule has 1 aliphatic rings. The number of aryl methyl sites for hydroxylation is 1. The van der Waals surface area contributed by atoms with Gasteiger partial charge in [0.05, 0.1) is 13.2 Å². The molecule has 0 aliphatic carbocycles. The number of nitrogens with zero attached hydrogens (tertiary/aromatic N) is 1. The van der Waals surface area contributed by atoms with Gasteiger partial charge in [-0.2, -0.15) is 0 Å². The summed E-state index contributed by atoms with van der Waals surface area (Å²) in [6.07, 6.45) is 2.18. The summed E-state index contributed by atoms with van der Waals surface area (Å²) in [5.41, 5.74) is 2.64. The van der Waals surface area contributed by atoms with Crippen molar-refractivity contribution in [3.05, 3.63) is 23.5 Å². The topological polar surface area (TPSA) is 14.2 Å². The first kappa shape index (κ1) is 9.33. The molecule has 0 aromatic carbocycles. The number of fused-ring (bicyclic) bond motifs is 1. The monoisotopic (exact) mass is 167 g/mol. The number of hydrogen-bond acceptors (Lipinski definition) is 1. The third-order valence-electron chi connectivity index (χ3n) is 1.85. The highest BCUT2D eigenvalue weighted by molar-refractivity contribution is 5.17. The zero-order chi connectivity index (χ0) is 8.97. The van der Waals surface area contributed by atoms with Gasteiger partial charge in [0.1, 0.15) is 0 Å². The lowest BCUT2D eigenvalue weighted by Gasteiger charge is -2.14. The Labute approximate surface area is 74.2 Å². The zero-order valence-corrected chi connectivity index (χ0v) is 8.13. The van der Waals surface area contributed by atoms with Crippen LogP contribution in [0.25, 0.3) is 0 Å². The molecule has 2 rings (SSSR count). The van der Waals surface area contributed by atoms with E-state index in [4.69, 9.17) is 4.74 Å². The van der Waals surface area contributed by atoms with Gasteiger partial charge in [0.2, 0.25) is 0 Å². The van der Waals surface area contributed by atoms with Crippen LogP contribution in [0.4, 0.5) is 0 Å². The molecule has 2 heterocycles. The molecule has 0 N–H and O–H groups in total. The molecule has 0 fully saturated rings. The minimum absolute atomic E-state index is 0.786. The smallest absolute Gasteiger partial charge is 0.0868 e. The second-order valence-electron chi connectivity index (χ2n) is 2.75. The van der Waals surface area contributed by atoms with Crippen LogP contribution in [0.3, 0.4) is 0 Å². The van der Waals surface area contributed by atoms with E-state index in [1.165, 1.54) is 11.3 Å². The lowest BCUT2D eigenvalue weighted by atomic mass is 10.3. The van der Waals surface area contributed by atoms with E-state index in [-0.39, 0.29) is 0 Å². The molecule has 0 saturated heterocycles. The van der Waals surface area contributed by atoms with Gasteiger partial charge in [-0.15, -0.1) is 0 Å². The number of hydrogen-bond donors (Lipinski definition) is 0. The molecule has 1 aliphatic heterocycles. The Morgan fingerprint density at radius 3 is 2.83 bits per heavy atom. The van der Waals surface area contributed by atoms with E-state index in [1.54, 1.807) is 0 Å². The Bertz CT molecular complexity index is 216. The summed E-state index contributed by atoms with van der Waals surface area (Å²) in [4.78, 5) is 0. The Kier molecular flexibility index (Phi) is 3.35. The molecule has 0 radical (unpaired) electrons. The normalized spacial score (nSPS) is 14.6. The first-order valence-corrected chi connectivity index (χ1v) is 4.59. The third kappa shape index (κ3) is 1.89. The van der Waals surface area contributed by atoms with E-state index >= 15 is 0 Å². The van der Waals surface area contributed by atoms with Crippen molar-refractivity contribution in [3.8, 4) is 0 Å². The van der Waals surface area contributed by atoms with Crippen LogP contribution >= 0.6 is 0 Å². The largest absolute Gasteiger partial charge is 0.373 e. The molecule has 2 heteroatoms. The van der Waals surface area contributed by atoms with Crippen LogP contribution in [-0.4, -0.2) is 11.2 Å². The lowest BCUT2D eigenvalue weighted by Crippen LogP contribution is -2.14. The molecule has 68 valence electrons. The highest BCUT2D eigenvalue weighted by Gasteiger charge is 2.07. The Morgan fingerprint density at radius 1 is 1.42 bits per heavy atom. The van der Waals surface area contributed by atoms with Gasteiger partial charge in [0, 0.05) is 18.4 Å². The third-order valence-corrected chi connectivity index (χ3v) is 1.85. The van der Waals surface area contributed by atoms with Crippen LogP contribution in [0.15, 0.2) is 12.3 Å². The van der Waals surface area contributed by atoms with E-state index in [0.29, 0.717) is 0 Å². The minimum Gasteiger partial charge on any atom is -0.373 e. The van der Waals surface area contributed by atoms with Crippen molar-refractivity contribution in [3.63, 3.8) is 0 Å². The lowest BCUT2D eigenvalue weighted by molar-refractivity contribution is 0.0850. The Hall–Kier alpha value is -0.760. The van der Waals surface area contributed by atoms with Crippen LogP contribution in [0, 0.1) is 6.92 Å². The second-order valence-corrected chi connectivity index (χ2v) is 2.75. The summed E-state index contributed by atoms with van der Waals surface area (Å²) in [5.74, 6) is 0. The van der Waals surface area contributed by atoms with Crippen molar-refractivity contribution in [2.75, 3.05) is 6.61 Å². The minimum atomic E-state index is 0.786. The van der Waals surface area contributed by atoms with Gasteiger partial charge in [0.25, 0.3) is 0 Å². The fourth-order valence-electron chi connectivity index (χ4n) is 1.38. The zero-order valence-electron chi connectivity index (χ0n) is 8.13. The fourth-order valence-corrected chi connectivity index (χ4v) is 1.38. The standard InChI is InChI=1S/C8H11NO.C2H6/c1-7-4-8-6-10-3-2-9(8)5-7;1-2/h4-5H,2-3,6H2,1H3;1-2H3. The summed E-state index contributed by atoms with van der Waals surface area (Å²) in [6, 6.07) is 2.18. The van der Waals surface area contributed by atoms with Crippen molar-refractivity contribution in [2.24, 2.45) is 0 Å². The highest BCUT2D eigenvalue weighted by atomic mass is 16.5. The molecule has 0 atom stereocenters. The van der Waals surface area contributed by atoms with Gasteiger partial charge in [-0.1, -0.05) is 13.8 Å². The van der Waals surface area contributed by atoms with Crippen LogP contribution in [0.5, 0.6) is 0 Å². The molecular weight excluding hydrogens is 150 g/mol. The molecule has 12 heavy (non-hydrogen) atoms. The molecule has 0 unspecified atom stereocenters. The van der Waals surface area contributed by atoms with Crippen LogP contribution in [-0.2, 0) is 17.9 Å². The number of aromatic nitrogens is 1. The van der Waals surface area contributed by atoms with Gasteiger partial charge in [0.15, 0.2) is 0 Å². The molecule has 0 saturated carbocycles. The number of rotatable bonds is 0. The van der Waals surface area contributed by atoms with Gasteiger partial charge in [-0.25, -0.2) is 0 Å². The van der Waals surface area contributed by atoms with Crippen molar-refractivity contribution >= 4 is 0 Å². The van der Waals surface area contributed by atoms with Crippen molar-refractivity contribution < 1.29 is 4.74 Å². The predicted molar refractivity (Wildman–Crippen MR) is 50.2 cm³/mol. The first-order chi connectivity index (χ1) is 5.86.